The molecule has 5 rings (SSSR count). The second kappa shape index (κ2) is 11.1. The number of hydrogen-bond donors (Lipinski definition) is 3. The van der Waals surface area contributed by atoms with Crippen molar-refractivity contribution in [1.29, 1.82) is 0 Å². The normalized spacial score (nSPS) is 14.6. The van der Waals surface area contributed by atoms with Crippen molar-refractivity contribution in [1.82, 2.24) is 14.8 Å². The standard InChI is InChI=1S/C27H23BrClN5O3S/c1-15-23(25(36)31-20-9-5-6-10-22(20)37-2)24(16-11-12-21(35)18(28)13-16)34-26(30-15)32-27(33-34)38-14-17-7-3-4-8-19(17)29/h3-13,24,35H,14H2,1-2H3,(H,31,36)(H,30,32,33). The summed E-state index contributed by atoms with van der Waals surface area (Å²) in [5.74, 6) is 1.42. The molecule has 0 saturated carbocycles. The fourth-order valence-corrected chi connectivity index (χ4v) is 5.69. The summed E-state index contributed by atoms with van der Waals surface area (Å²) < 4.78 is 7.61. The summed E-state index contributed by atoms with van der Waals surface area (Å²) in [6, 6.07) is 19.4. The van der Waals surface area contributed by atoms with Crippen LogP contribution < -0.4 is 15.4 Å². The summed E-state index contributed by atoms with van der Waals surface area (Å²) in [5.41, 5.74) is 3.36. The molecule has 194 valence electrons. The van der Waals surface area contributed by atoms with Gasteiger partial charge in [0, 0.05) is 16.5 Å². The van der Waals surface area contributed by atoms with Crippen molar-refractivity contribution in [3.05, 3.63) is 98.6 Å². The van der Waals surface area contributed by atoms with Crippen LogP contribution in [0.25, 0.3) is 0 Å². The van der Waals surface area contributed by atoms with Gasteiger partial charge in [0.25, 0.3) is 5.91 Å². The number of nitrogens with one attached hydrogen (secondary N) is 2. The van der Waals surface area contributed by atoms with Crippen LogP contribution in [0.3, 0.4) is 0 Å². The lowest BCUT2D eigenvalue weighted by molar-refractivity contribution is -0.113. The number of phenols is 1. The van der Waals surface area contributed by atoms with Crippen LogP contribution in [-0.2, 0) is 10.5 Å². The molecule has 0 saturated heterocycles. The van der Waals surface area contributed by atoms with E-state index in [1.54, 1.807) is 42.1 Å². The van der Waals surface area contributed by atoms with Crippen molar-refractivity contribution in [2.45, 2.75) is 23.9 Å². The Hall–Kier alpha value is -3.47. The minimum absolute atomic E-state index is 0.0956. The first kappa shape index (κ1) is 26.1. The number of fused-ring (bicyclic) bond motifs is 1. The van der Waals surface area contributed by atoms with Gasteiger partial charge in [-0.3, -0.25) is 4.79 Å². The van der Waals surface area contributed by atoms with Crippen LogP contribution in [0, 0.1) is 0 Å². The van der Waals surface area contributed by atoms with Crippen LogP contribution in [0.5, 0.6) is 11.5 Å². The van der Waals surface area contributed by atoms with Crippen LogP contribution in [0.15, 0.2) is 87.6 Å². The number of carbonyl (C=O) groups excluding carboxylic acids is 1. The van der Waals surface area contributed by atoms with Crippen molar-refractivity contribution in [3.63, 3.8) is 0 Å². The van der Waals surface area contributed by atoms with Crippen molar-refractivity contribution in [2.75, 3.05) is 17.7 Å². The van der Waals surface area contributed by atoms with Crippen molar-refractivity contribution in [3.8, 4) is 11.5 Å². The molecule has 0 bridgehead atoms. The number of thioether (sulfide) groups is 1. The molecule has 11 heteroatoms. The maximum absolute atomic E-state index is 13.7. The highest BCUT2D eigenvalue weighted by Gasteiger charge is 2.35. The highest BCUT2D eigenvalue weighted by atomic mass is 79.9. The fraction of sp³-hybridized carbons (Fsp3) is 0.148. The molecule has 1 amide bonds. The lowest BCUT2D eigenvalue weighted by Crippen LogP contribution is -2.31. The van der Waals surface area contributed by atoms with E-state index in [4.69, 9.17) is 21.4 Å². The highest BCUT2D eigenvalue weighted by molar-refractivity contribution is 9.10. The minimum Gasteiger partial charge on any atom is -0.507 e. The first-order valence-electron chi connectivity index (χ1n) is 11.6. The fourth-order valence-electron chi connectivity index (χ4n) is 4.18. The predicted molar refractivity (Wildman–Crippen MR) is 153 cm³/mol. The van der Waals surface area contributed by atoms with Crippen LogP contribution >= 0.6 is 39.3 Å². The van der Waals surface area contributed by atoms with Crippen LogP contribution in [-0.4, -0.2) is 32.9 Å². The molecule has 2 heterocycles. The van der Waals surface area contributed by atoms with Crippen molar-refractivity contribution in [2.24, 2.45) is 0 Å². The third kappa shape index (κ3) is 5.24. The van der Waals surface area contributed by atoms with Crippen molar-refractivity contribution < 1.29 is 14.6 Å². The Morgan fingerprint density at radius 2 is 1.97 bits per heavy atom. The number of rotatable bonds is 7. The zero-order chi connectivity index (χ0) is 26.8. The Kier molecular flexibility index (Phi) is 7.64. The molecule has 0 spiro atoms. The number of phenolic OH excluding ortho intramolecular Hbond substituents is 1. The number of halogens is 2. The molecule has 0 fully saturated rings. The van der Waals surface area contributed by atoms with E-state index < -0.39 is 6.04 Å². The van der Waals surface area contributed by atoms with E-state index in [1.165, 1.54) is 11.8 Å². The topological polar surface area (TPSA) is 101 Å². The molecule has 8 nitrogen and oxygen atoms in total. The third-order valence-corrected chi connectivity index (χ3v) is 7.93. The van der Waals surface area contributed by atoms with E-state index >= 15 is 0 Å². The Labute approximate surface area is 237 Å². The summed E-state index contributed by atoms with van der Waals surface area (Å²) in [6.45, 7) is 1.83. The summed E-state index contributed by atoms with van der Waals surface area (Å²) in [7, 11) is 1.55. The number of benzene rings is 3. The van der Waals surface area contributed by atoms with Gasteiger partial charge in [0.15, 0.2) is 0 Å². The molecule has 1 atom stereocenters. The number of para-hydroxylation sites is 2. The van der Waals surface area contributed by atoms with Gasteiger partial charge in [0.2, 0.25) is 11.1 Å². The second-order valence-corrected chi connectivity index (χ2v) is 10.7. The minimum atomic E-state index is -0.611. The summed E-state index contributed by atoms with van der Waals surface area (Å²) in [6.07, 6.45) is 0. The number of aromatic hydroxyl groups is 1. The first-order chi connectivity index (χ1) is 18.4. The molecule has 3 aromatic carbocycles. The van der Waals surface area contributed by atoms with E-state index in [2.05, 4.69) is 31.5 Å². The average molecular weight is 613 g/mol. The maximum atomic E-state index is 13.7. The molecule has 0 aliphatic carbocycles. The molecule has 0 radical (unpaired) electrons. The van der Waals surface area contributed by atoms with E-state index in [-0.39, 0.29) is 11.7 Å². The highest BCUT2D eigenvalue weighted by Crippen LogP contribution is 2.39. The molecule has 1 aliphatic rings. The molecule has 1 aliphatic heterocycles. The number of methoxy groups -OCH3 is 1. The average Bonchev–Trinajstić information content (AvgIpc) is 3.31. The Morgan fingerprint density at radius 3 is 2.74 bits per heavy atom. The number of ether oxygens (including phenoxy) is 1. The largest absolute Gasteiger partial charge is 0.507 e. The summed E-state index contributed by atoms with van der Waals surface area (Å²) >= 11 is 11.2. The van der Waals surface area contributed by atoms with Gasteiger partial charge in [-0.2, -0.15) is 4.98 Å². The third-order valence-electron chi connectivity index (χ3n) is 6.04. The van der Waals surface area contributed by atoms with E-state index in [1.807, 2.05) is 43.3 Å². The molecule has 4 aromatic rings. The quantitative estimate of drug-likeness (QED) is 0.202. The monoisotopic (exact) mass is 611 g/mol. The number of amides is 1. The smallest absolute Gasteiger partial charge is 0.255 e. The number of nitrogens with zero attached hydrogens (tertiary/aromatic N) is 3. The van der Waals surface area contributed by atoms with Crippen LogP contribution in [0.1, 0.15) is 24.1 Å². The lowest BCUT2D eigenvalue weighted by atomic mass is 9.95. The first-order valence-corrected chi connectivity index (χ1v) is 13.7. The van der Waals surface area contributed by atoms with E-state index in [0.717, 1.165) is 11.1 Å². The van der Waals surface area contributed by atoms with E-state index in [9.17, 15) is 9.90 Å². The zero-order valence-electron chi connectivity index (χ0n) is 20.4. The van der Waals surface area contributed by atoms with Gasteiger partial charge in [-0.25, -0.2) is 4.68 Å². The number of hydrogen-bond acceptors (Lipinski definition) is 7. The Morgan fingerprint density at radius 1 is 1.21 bits per heavy atom. The Balaban J connectivity index is 1.52. The van der Waals surface area contributed by atoms with Crippen LogP contribution in [0.4, 0.5) is 11.6 Å². The number of aromatic nitrogens is 3. The molecular weight excluding hydrogens is 590 g/mol. The molecule has 1 unspecified atom stereocenters. The van der Waals surface area contributed by atoms with Gasteiger partial charge in [0.05, 0.1) is 22.8 Å². The maximum Gasteiger partial charge on any atom is 0.255 e. The molecule has 38 heavy (non-hydrogen) atoms. The number of carbonyl (C=O) groups is 1. The van der Waals surface area contributed by atoms with Gasteiger partial charge in [-0.05, 0) is 64.3 Å². The van der Waals surface area contributed by atoms with Gasteiger partial charge >= 0.3 is 0 Å². The Bertz CT molecular complexity index is 1560. The van der Waals surface area contributed by atoms with Gasteiger partial charge < -0.3 is 20.5 Å². The predicted octanol–water partition coefficient (Wildman–Crippen LogP) is 6.63. The number of anilines is 2. The molecule has 1 aromatic heterocycles. The lowest BCUT2D eigenvalue weighted by Gasteiger charge is -2.29. The second-order valence-electron chi connectivity index (χ2n) is 8.47. The van der Waals surface area contributed by atoms with Crippen LogP contribution in [0.2, 0.25) is 5.02 Å². The zero-order valence-corrected chi connectivity index (χ0v) is 23.6. The van der Waals surface area contributed by atoms with Gasteiger partial charge in [0.1, 0.15) is 17.5 Å². The van der Waals surface area contributed by atoms with Crippen molar-refractivity contribution >= 4 is 56.8 Å². The van der Waals surface area contributed by atoms with E-state index in [0.29, 0.717) is 49.1 Å². The number of allylic oxidation sites excluding steroid dienone is 1. The summed E-state index contributed by atoms with van der Waals surface area (Å²) in [5, 5.41) is 22.3. The molecule has 3 N–H and O–H groups in total. The summed E-state index contributed by atoms with van der Waals surface area (Å²) in [4.78, 5) is 18.4. The van der Waals surface area contributed by atoms with Gasteiger partial charge in [-0.15, -0.1) is 5.10 Å². The van der Waals surface area contributed by atoms with Gasteiger partial charge in [-0.1, -0.05) is 59.8 Å². The SMILES string of the molecule is COc1ccccc1NC(=O)C1=C(C)Nc2nc(SCc3ccccc3Cl)nn2C1c1ccc(O)c(Br)c1. The molecular formula is C27H23BrClN5O3S.